The Bertz CT molecular complexity index is 447. The Morgan fingerprint density at radius 1 is 1.48 bits per heavy atom. The lowest BCUT2D eigenvalue weighted by molar-refractivity contribution is -0.135. The minimum Gasteiger partial charge on any atom is -0.333 e. The van der Waals surface area contributed by atoms with Crippen molar-refractivity contribution in [2.24, 2.45) is 11.8 Å². The van der Waals surface area contributed by atoms with Gasteiger partial charge in [0.25, 0.3) is 0 Å². The summed E-state index contributed by atoms with van der Waals surface area (Å²) in [7, 11) is 0. The molecule has 21 heavy (non-hydrogen) atoms. The number of pyridine rings is 1. The Labute approximate surface area is 127 Å². The molecule has 1 aliphatic heterocycles. The number of carbonyl (C=O) groups is 1. The van der Waals surface area contributed by atoms with E-state index < -0.39 is 0 Å². The van der Waals surface area contributed by atoms with Crippen molar-refractivity contribution in [2.75, 3.05) is 19.6 Å². The van der Waals surface area contributed by atoms with E-state index >= 15 is 0 Å². The van der Waals surface area contributed by atoms with E-state index in [-0.39, 0.29) is 11.9 Å². The molecule has 1 amide bonds. The van der Waals surface area contributed by atoms with Gasteiger partial charge in [0.1, 0.15) is 0 Å². The fourth-order valence-electron chi connectivity index (χ4n) is 3.18. The Balaban J connectivity index is 2.03. The summed E-state index contributed by atoms with van der Waals surface area (Å²) in [5, 5.41) is 3.38. The number of nitrogens with zero attached hydrogens (tertiary/aromatic N) is 2. The Hall–Kier alpha value is -1.42. The predicted octanol–water partition coefficient (Wildman–Crippen LogP) is 2.63. The molecule has 1 aromatic rings. The molecule has 0 saturated carbocycles. The van der Waals surface area contributed by atoms with Crippen molar-refractivity contribution < 1.29 is 4.79 Å². The molecule has 1 aliphatic rings. The average molecular weight is 289 g/mol. The first-order valence-corrected chi connectivity index (χ1v) is 7.98. The summed E-state index contributed by atoms with van der Waals surface area (Å²) in [6.07, 6.45) is 5.40. The number of piperazine rings is 1. The maximum atomic E-state index is 12.7. The fraction of sp³-hybridized carbons (Fsp3) is 0.647. The monoisotopic (exact) mass is 289 g/mol. The first kappa shape index (κ1) is 16.0. The second-order valence-electron chi connectivity index (χ2n) is 6.53. The van der Waals surface area contributed by atoms with Crippen molar-refractivity contribution in [1.82, 2.24) is 15.2 Å². The number of amides is 1. The van der Waals surface area contributed by atoms with Crippen LogP contribution in [0.1, 0.15) is 45.2 Å². The van der Waals surface area contributed by atoms with Crippen LogP contribution in [0, 0.1) is 11.8 Å². The molecule has 0 aliphatic carbocycles. The van der Waals surface area contributed by atoms with Crippen LogP contribution in [0.2, 0.25) is 0 Å². The summed E-state index contributed by atoms with van der Waals surface area (Å²) in [6, 6.07) is 4.11. The Morgan fingerprint density at radius 2 is 2.29 bits per heavy atom. The maximum Gasteiger partial charge on any atom is 0.223 e. The molecule has 2 heterocycles. The van der Waals surface area contributed by atoms with E-state index in [0.717, 1.165) is 31.6 Å². The van der Waals surface area contributed by atoms with Crippen LogP contribution in [0.4, 0.5) is 0 Å². The van der Waals surface area contributed by atoms with E-state index in [9.17, 15) is 4.79 Å². The van der Waals surface area contributed by atoms with Gasteiger partial charge in [-0.15, -0.1) is 0 Å². The molecule has 4 nitrogen and oxygen atoms in total. The van der Waals surface area contributed by atoms with Gasteiger partial charge in [-0.25, -0.2) is 0 Å². The van der Waals surface area contributed by atoms with Crippen molar-refractivity contribution in [1.29, 1.82) is 0 Å². The lowest BCUT2D eigenvalue weighted by atomic mass is 9.94. The lowest BCUT2D eigenvalue weighted by Crippen LogP contribution is -2.49. The zero-order chi connectivity index (χ0) is 15.2. The van der Waals surface area contributed by atoms with Gasteiger partial charge in [0.15, 0.2) is 0 Å². The molecule has 1 N–H and O–H groups in total. The summed E-state index contributed by atoms with van der Waals surface area (Å²) in [6.45, 7) is 9.08. The SMILES string of the molecule is CC(C)CC(C)CC(=O)N1CCNCC1c1cccnc1. The van der Waals surface area contributed by atoms with Gasteiger partial charge in [-0.3, -0.25) is 9.78 Å². The van der Waals surface area contributed by atoms with Crippen molar-refractivity contribution in [3.63, 3.8) is 0 Å². The minimum atomic E-state index is 0.117. The lowest BCUT2D eigenvalue weighted by Gasteiger charge is -2.37. The minimum absolute atomic E-state index is 0.117. The number of rotatable bonds is 5. The molecular formula is C17H27N3O. The number of nitrogens with one attached hydrogen (secondary N) is 1. The van der Waals surface area contributed by atoms with Crippen LogP contribution in [0.25, 0.3) is 0 Å². The Morgan fingerprint density at radius 3 is 2.95 bits per heavy atom. The normalized spacial score (nSPS) is 20.6. The van der Waals surface area contributed by atoms with E-state index in [1.807, 2.05) is 17.2 Å². The maximum absolute atomic E-state index is 12.7. The van der Waals surface area contributed by atoms with Crippen LogP contribution in [0.15, 0.2) is 24.5 Å². The van der Waals surface area contributed by atoms with Gasteiger partial charge in [0.05, 0.1) is 6.04 Å². The highest BCUT2D eigenvalue weighted by molar-refractivity contribution is 5.77. The predicted molar refractivity (Wildman–Crippen MR) is 84.8 cm³/mol. The van der Waals surface area contributed by atoms with Crippen LogP contribution < -0.4 is 5.32 Å². The molecule has 0 radical (unpaired) electrons. The van der Waals surface area contributed by atoms with E-state index in [1.165, 1.54) is 0 Å². The van der Waals surface area contributed by atoms with Crippen molar-refractivity contribution in [2.45, 2.75) is 39.7 Å². The third-order valence-electron chi connectivity index (χ3n) is 4.03. The molecular weight excluding hydrogens is 262 g/mol. The molecule has 4 heteroatoms. The fourth-order valence-corrected chi connectivity index (χ4v) is 3.18. The highest BCUT2D eigenvalue weighted by atomic mass is 16.2. The number of hydrogen-bond acceptors (Lipinski definition) is 3. The van der Waals surface area contributed by atoms with Crippen LogP contribution >= 0.6 is 0 Å². The van der Waals surface area contributed by atoms with E-state index in [4.69, 9.17) is 0 Å². The van der Waals surface area contributed by atoms with E-state index in [0.29, 0.717) is 18.3 Å². The van der Waals surface area contributed by atoms with Crippen LogP contribution in [0.5, 0.6) is 0 Å². The van der Waals surface area contributed by atoms with Crippen molar-refractivity contribution in [3.8, 4) is 0 Å². The molecule has 2 rings (SSSR count). The van der Waals surface area contributed by atoms with Gasteiger partial charge < -0.3 is 10.2 Å². The molecule has 2 atom stereocenters. The van der Waals surface area contributed by atoms with Gasteiger partial charge in [0.2, 0.25) is 5.91 Å². The molecule has 1 saturated heterocycles. The standard InChI is InChI=1S/C17H27N3O/c1-13(2)9-14(3)10-17(21)20-8-7-19-12-16(20)15-5-4-6-18-11-15/h4-6,11,13-14,16,19H,7-10,12H2,1-3H3. The van der Waals surface area contributed by atoms with Crippen LogP contribution in [-0.4, -0.2) is 35.4 Å². The molecule has 0 bridgehead atoms. The third-order valence-corrected chi connectivity index (χ3v) is 4.03. The van der Waals surface area contributed by atoms with Crippen LogP contribution in [-0.2, 0) is 4.79 Å². The highest BCUT2D eigenvalue weighted by Crippen LogP contribution is 2.24. The quantitative estimate of drug-likeness (QED) is 0.906. The first-order chi connectivity index (χ1) is 10.1. The van der Waals surface area contributed by atoms with Gasteiger partial charge in [-0.2, -0.15) is 0 Å². The zero-order valence-electron chi connectivity index (χ0n) is 13.4. The summed E-state index contributed by atoms with van der Waals surface area (Å²) < 4.78 is 0. The van der Waals surface area contributed by atoms with Crippen LogP contribution in [0.3, 0.4) is 0 Å². The largest absolute Gasteiger partial charge is 0.333 e. The molecule has 1 aromatic heterocycles. The smallest absolute Gasteiger partial charge is 0.223 e. The number of carbonyl (C=O) groups excluding carboxylic acids is 1. The van der Waals surface area contributed by atoms with Gasteiger partial charge in [0, 0.05) is 38.4 Å². The van der Waals surface area contributed by atoms with Gasteiger partial charge >= 0.3 is 0 Å². The summed E-state index contributed by atoms with van der Waals surface area (Å²) in [4.78, 5) is 18.9. The molecule has 116 valence electrons. The first-order valence-electron chi connectivity index (χ1n) is 7.98. The number of hydrogen-bond donors (Lipinski definition) is 1. The van der Waals surface area contributed by atoms with Gasteiger partial charge in [-0.1, -0.05) is 26.8 Å². The summed E-state index contributed by atoms with van der Waals surface area (Å²) in [5.74, 6) is 1.37. The molecule has 0 spiro atoms. The topological polar surface area (TPSA) is 45.2 Å². The second kappa shape index (κ2) is 7.55. The summed E-state index contributed by atoms with van der Waals surface area (Å²) >= 11 is 0. The molecule has 1 fully saturated rings. The zero-order valence-corrected chi connectivity index (χ0v) is 13.4. The van der Waals surface area contributed by atoms with Crippen molar-refractivity contribution in [3.05, 3.63) is 30.1 Å². The Kier molecular flexibility index (Phi) is 5.74. The van der Waals surface area contributed by atoms with Gasteiger partial charge in [-0.05, 0) is 29.9 Å². The highest BCUT2D eigenvalue weighted by Gasteiger charge is 2.28. The third kappa shape index (κ3) is 4.53. The second-order valence-corrected chi connectivity index (χ2v) is 6.53. The summed E-state index contributed by atoms with van der Waals surface area (Å²) in [5.41, 5.74) is 1.12. The average Bonchev–Trinajstić information content (AvgIpc) is 2.47. The molecule has 0 aromatic carbocycles. The van der Waals surface area contributed by atoms with Crippen molar-refractivity contribution >= 4 is 5.91 Å². The van der Waals surface area contributed by atoms with E-state index in [2.05, 4.69) is 37.1 Å². The molecule has 2 unspecified atom stereocenters. The van der Waals surface area contributed by atoms with E-state index in [1.54, 1.807) is 6.20 Å². The number of aromatic nitrogens is 1.